The van der Waals surface area contributed by atoms with Crippen molar-refractivity contribution in [2.45, 2.75) is 45.2 Å². The van der Waals surface area contributed by atoms with Crippen molar-refractivity contribution in [2.75, 3.05) is 0 Å². The Morgan fingerprint density at radius 2 is 2.09 bits per heavy atom. The highest BCUT2D eigenvalue weighted by Crippen LogP contribution is 2.32. The van der Waals surface area contributed by atoms with E-state index in [1.54, 1.807) is 0 Å². The molecule has 0 bridgehead atoms. The van der Waals surface area contributed by atoms with Gasteiger partial charge in [0.2, 0.25) is 0 Å². The van der Waals surface area contributed by atoms with E-state index in [0.717, 1.165) is 5.92 Å². The molecule has 1 atom stereocenters. The van der Waals surface area contributed by atoms with Crippen LogP contribution in [0.5, 0.6) is 0 Å². The fraction of sp³-hybridized carbons (Fsp3) is 0.800. The summed E-state index contributed by atoms with van der Waals surface area (Å²) in [5.41, 5.74) is -0.137. The first kappa shape index (κ1) is 8.62. The van der Waals surface area contributed by atoms with Crippen LogP contribution in [0.15, 0.2) is 0 Å². The van der Waals surface area contributed by atoms with Gasteiger partial charge in [-0.3, -0.25) is 5.32 Å². The molecule has 1 rings (SSSR count). The lowest BCUT2D eigenvalue weighted by molar-refractivity contribution is 0.393. The van der Waals surface area contributed by atoms with Gasteiger partial charge in [-0.25, -0.2) is 0 Å². The molecule has 0 saturated heterocycles. The van der Waals surface area contributed by atoms with E-state index >= 15 is 0 Å². The number of nitrogens with one attached hydrogen (secondary N) is 1. The highest BCUT2D eigenvalue weighted by atomic mass is 15.0. The molecular formula is C10H17N. The standard InChI is InChI=1S/C10H17N/c1-5-10(3,4)11-8(2)9-6-7-9/h1,8-9,11H,6-7H2,2-4H3. The summed E-state index contributed by atoms with van der Waals surface area (Å²) in [6.45, 7) is 6.31. The zero-order valence-corrected chi connectivity index (χ0v) is 7.65. The number of hydrogen-bond acceptors (Lipinski definition) is 1. The minimum Gasteiger partial charge on any atom is -0.299 e. The zero-order chi connectivity index (χ0) is 8.48. The fourth-order valence-corrected chi connectivity index (χ4v) is 1.32. The van der Waals surface area contributed by atoms with Crippen LogP contribution in [0.4, 0.5) is 0 Å². The molecule has 1 N–H and O–H groups in total. The molecule has 1 aliphatic carbocycles. The summed E-state index contributed by atoms with van der Waals surface area (Å²) in [6.07, 6.45) is 8.10. The molecule has 0 aromatic heterocycles. The fourth-order valence-electron chi connectivity index (χ4n) is 1.32. The van der Waals surface area contributed by atoms with Crippen molar-refractivity contribution in [1.82, 2.24) is 5.32 Å². The van der Waals surface area contributed by atoms with Crippen molar-refractivity contribution in [3.05, 3.63) is 0 Å². The first-order chi connectivity index (χ1) is 5.05. The minimum absolute atomic E-state index is 0.137. The van der Waals surface area contributed by atoms with Crippen LogP contribution in [-0.4, -0.2) is 11.6 Å². The van der Waals surface area contributed by atoms with E-state index in [1.807, 2.05) is 13.8 Å². The molecule has 1 unspecified atom stereocenters. The second-order valence-corrected chi connectivity index (χ2v) is 4.04. The van der Waals surface area contributed by atoms with Crippen LogP contribution in [0.2, 0.25) is 0 Å². The largest absolute Gasteiger partial charge is 0.299 e. The Balaban J connectivity index is 2.34. The van der Waals surface area contributed by atoms with Crippen LogP contribution < -0.4 is 5.32 Å². The molecule has 0 aromatic carbocycles. The maximum atomic E-state index is 5.36. The van der Waals surface area contributed by atoms with Crippen LogP contribution in [0.25, 0.3) is 0 Å². The lowest BCUT2D eigenvalue weighted by Crippen LogP contribution is -2.44. The van der Waals surface area contributed by atoms with E-state index in [0.29, 0.717) is 6.04 Å². The molecule has 0 aliphatic heterocycles. The normalized spacial score (nSPS) is 20.9. The molecule has 0 amide bonds. The highest BCUT2D eigenvalue weighted by molar-refractivity contribution is 5.08. The van der Waals surface area contributed by atoms with Crippen molar-refractivity contribution in [3.8, 4) is 12.3 Å². The van der Waals surface area contributed by atoms with Crippen molar-refractivity contribution >= 4 is 0 Å². The molecule has 1 saturated carbocycles. The Morgan fingerprint density at radius 1 is 1.55 bits per heavy atom. The van der Waals surface area contributed by atoms with Crippen molar-refractivity contribution in [2.24, 2.45) is 5.92 Å². The maximum Gasteiger partial charge on any atom is 0.0743 e. The van der Waals surface area contributed by atoms with E-state index < -0.39 is 0 Å². The van der Waals surface area contributed by atoms with Crippen LogP contribution in [0.1, 0.15) is 33.6 Å². The van der Waals surface area contributed by atoms with E-state index in [9.17, 15) is 0 Å². The molecule has 62 valence electrons. The second-order valence-electron chi connectivity index (χ2n) is 4.04. The van der Waals surface area contributed by atoms with E-state index in [4.69, 9.17) is 6.42 Å². The van der Waals surface area contributed by atoms with Gasteiger partial charge in [0.15, 0.2) is 0 Å². The first-order valence-electron chi connectivity index (χ1n) is 4.30. The smallest absolute Gasteiger partial charge is 0.0743 e. The summed E-state index contributed by atoms with van der Waals surface area (Å²) in [6, 6.07) is 0.584. The monoisotopic (exact) mass is 151 g/mol. The quantitative estimate of drug-likeness (QED) is 0.606. The second kappa shape index (κ2) is 2.87. The summed E-state index contributed by atoms with van der Waals surface area (Å²) in [5.74, 6) is 3.62. The van der Waals surface area contributed by atoms with E-state index in [2.05, 4.69) is 18.2 Å². The van der Waals surface area contributed by atoms with Crippen molar-refractivity contribution < 1.29 is 0 Å². The predicted octanol–water partition coefficient (Wildman–Crippen LogP) is 1.79. The first-order valence-corrected chi connectivity index (χ1v) is 4.30. The van der Waals surface area contributed by atoms with Gasteiger partial charge in [0.25, 0.3) is 0 Å². The van der Waals surface area contributed by atoms with Crippen molar-refractivity contribution in [1.29, 1.82) is 0 Å². The predicted molar refractivity (Wildman–Crippen MR) is 48.2 cm³/mol. The number of hydrogen-bond donors (Lipinski definition) is 1. The van der Waals surface area contributed by atoms with E-state index in [1.165, 1.54) is 12.8 Å². The van der Waals surface area contributed by atoms with Crippen LogP contribution >= 0.6 is 0 Å². The number of terminal acetylenes is 1. The molecule has 0 spiro atoms. The summed E-state index contributed by atoms with van der Waals surface area (Å²) < 4.78 is 0. The Labute approximate surface area is 69.6 Å². The van der Waals surface area contributed by atoms with Crippen LogP contribution in [0, 0.1) is 18.3 Å². The molecule has 11 heavy (non-hydrogen) atoms. The average molecular weight is 151 g/mol. The molecular weight excluding hydrogens is 134 g/mol. The van der Waals surface area contributed by atoms with Gasteiger partial charge in [-0.2, -0.15) is 0 Å². The summed E-state index contributed by atoms with van der Waals surface area (Å²) in [7, 11) is 0. The SMILES string of the molecule is C#CC(C)(C)NC(C)C1CC1. The summed E-state index contributed by atoms with van der Waals surface area (Å²) in [5, 5.41) is 3.43. The van der Waals surface area contributed by atoms with Gasteiger partial charge < -0.3 is 0 Å². The Hall–Kier alpha value is -0.480. The topological polar surface area (TPSA) is 12.0 Å². The Kier molecular flexibility index (Phi) is 2.25. The van der Waals surface area contributed by atoms with Gasteiger partial charge in [-0.15, -0.1) is 6.42 Å². The zero-order valence-electron chi connectivity index (χ0n) is 7.65. The lowest BCUT2D eigenvalue weighted by Gasteiger charge is -2.24. The Bertz CT molecular complexity index is 172. The molecule has 0 radical (unpaired) electrons. The van der Waals surface area contributed by atoms with Gasteiger partial charge in [0.1, 0.15) is 0 Å². The molecule has 1 fully saturated rings. The summed E-state index contributed by atoms with van der Waals surface area (Å²) >= 11 is 0. The van der Waals surface area contributed by atoms with Gasteiger partial charge in [-0.05, 0) is 39.5 Å². The third kappa shape index (κ3) is 2.55. The van der Waals surface area contributed by atoms with Crippen LogP contribution in [-0.2, 0) is 0 Å². The summed E-state index contributed by atoms with van der Waals surface area (Å²) in [4.78, 5) is 0. The molecule has 1 aliphatic rings. The van der Waals surface area contributed by atoms with Crippen molar-refractivity contribution in [3.63, 3.8) is 0 Å². The molecule has 0 heterocycles. The Morgan fingerprint density at radius 3 is 2.45 bits per heavy atom. The molecule has 1 nitrogen and oxygen atoms in total. The minimum atomic E-state index is -0.137. The molecule has 0 aromatic rings. The van der Waals surface area contributed by atoms with Crippen LogP contribution in [0.3, 0.4) is 0 Å². The third-order valence-corrected chi connectivity index (χ3v) is 2.28. The van der Waals surface area contributed by atoms with E-state index in [-0.39, 0.29) is 5.54 Å². The van der Waals surface area contributed by atoms with Gasteiger partial charge in [-0.1, -0.05) is 5.92 Å². The average Bonchev–Trinajstić information content (AvgIpc) is 2.67. The highest BCUT2D eigenvalue weighted by Gasteiger charge is 2.30. The number of rotatable bonds is 3. The maximum absolute atomic E-state index is 5.36. The van der Waals surface area contributed by atoms with Gasteiger partial charge in [0.05, 0.1) is 5.54 Å². The third-order valence-electron chi connectivity index (χ3n) is 2.28. The van der Waals surface area contributed by atoms with Gasteiger partial charge >= 0.3 is 0 Å². The lowest BCUT2D eigenvalue weighted by atomic mass is 10.0. The van der Waals surface area contributed by atoms with Gasteiger partial charge in [0, 0.05) is 6.04 Å². The molecule has 1 heteroatoms.